The van der Waals surface area contributed by atoms with Crippen molar-refractivity contribution in [2.45, 2.75) is 38.8 Å². The number of carbonyl (C=O) groups excluding carboxylic acids is 1. The summed E-state index contributed by atoms with van der Waals surface area (Å²) in [6.07, 6.45) is 3.86. The minimum atomic E-state index is -0.485. The zero-order valence-corrected chi connectivity index (χ0v) is 15.4. The van der Waals surface area contributed by atoms with Crippen LogP contribution in [0.4, 0.5) is 0 Å². The summed E-state index contributed by atoms with van der Waals surface area (Å²) in [5, 5.41) is 9.47. The van der Waals surface area contributed by atoms with Crippen LogP contribution < -0.4 is 5.56 Å². The Bertz CT molecular complexity index is 1160. The number of benzene rings is 2. The molecule has 1 aliphatic rings. The topological polar surface area (TPSA) is 85.0 Å². The monoisotopic (exact) mass is 373 g/mol. The van der Waals surface area contributed by atoms with Gasteiger partial charge in [0.2, 0.25) is 0 Å². The first-order valence-electron chi connectivity index (χ1n) is 9.35. The van der Waals surface area contributed by atoms with E-state index in [0.29, 0.717) is 28.6 Å². The van der Waals surface area contributed by atoms with Crippen molar-refractivity contribution in [3.63, 3.8) is 0 Å². The quantitative estimate of drug-likeness (QED) is 0.657. The maximum Gasteiger partial charge on any atom is 0.338 e. The molecule has 1 aromatic heterocycles. The molecular formula is C22H19N3O3. The maximum atomic E-state index is 12.8. The third-order valence-corrected chi connectivity index (χ3v) is 4.98. The standard InChI is InChI=1S/C22H19N3O3/c23-13-15-5-4-6-16(11-15)14-28-22(27)17-8-9-18-19(12-17)24-20-7-2-1-3-10-25(20)21(18)26/h4-6,8-9,11-12H,1-3,7,10,14H2. The van der Waals surface area contributed by atoms with Crippen molar-refractivity contribution in [3.05, 3.63) is 75.3 Å². The Hall–Kier alpha value is -3.46. The van der Waals surface area contributed by atoms with Crippen molar-refractivity contribution in [1.29, 1.82) is 5.26 Å². The lowest BCUT2D eigenvalue weighted by Crippen LogP contribution is -2.24. The smallest absolute Gasteiger partial charge is 0.338 e. The Morgan fingerprint density at radius 1 is 1.18 bits per heavy atom. The summed E-state index contributed by atoms with van der Waals surface area (Å²) in [7, 11) is 0. The largest absolute Gasteiger partial charge is 0.457 e. The number of aryl methyl sites for hydroxylation is 1. The number of hydrogen-bond donors (Lipinski definition) is 0. The minimum absolute atomic E-state index is 0.0462. The molecular weight excluding hydrogens is 354 g/mol. The van der Waals surface area contributed by atoms with Crippen LogP contribution >= 0.6 is 0 Å². The van der Waals surface area contributed by atoms with Crippen molar-refractivity contribution in [1.82, 2.24) is 9.55 Å². The Morgan fingerprint density at radius 3 is 2.93 bits per heavy atom. The van der Waals surface area contributed by atoms with Gasteiger partial charge in [-0.3, -0.25) is 9.36 Å². The molecule has 0 saturated carbocycles. The molecule has 2 aromatic carbocycles. The molecule has 0 amide bonds. The van der Waals surface area contributed by atoms with E-state index in [2.05, 4.69) is 11.1 Å². The summed E-state index contributed by atoms with van der Waals surface area (Å²) >= 11 is 0. The van der Waals surface area contributed by atoms with Crippen LogP contribution in [0.1, 0.15) is 46.6 Å². The second kappa shape index (κ2) is 7.65. The zero-order chi connectivity index (χ0) is 19.5. The van der Waals surface area contributed by atoms with Crippen molar-refractivity contribution >= 4 is 16.9 Å². The Balaban J connectivity index is 1.59. The average molecular weight is 373 g/mol. The highest BCUT2D eigenvalue weighted by Crippen LogP contribution is 2.17. The van der Waals surface area contributed by atoms with Gasteiger partial charge in [-0.2, -0.15) is 5.26 Å². The lowest BCUT2D eigenvalue weighted by molar-refractivity contribution is 0.0473. The zero-order valence-electron chi connectivity index (χ0n) is 15.4. The summed E-state index contributed by atoms with van der Waals surface area (Å²) in [6.45, 7) is 0.773. The van der Waals surface area contributed by atoms with Gasteiger partial charge in [-0.05, 0) is 48.7 Å². The first kappa shape index (κ1) is 17.9. The van der Waals surface area contributed by atoms with Gasteiger partial charge in [0, 0.05) is 13.0 Å². The Morgan fingerprint density at radius 2 is 2.07 bits per heavy atom. The third kappa shape index (κ3) is 3.52. The molecule has 0 saturated heterocycles. The van der Waals surface area contributed by atoms with Crippen LogP contribution in [0.25, 0.3) is 10.9 Å². The third-order valence-electron chi connectivity index (χ3n) is 4.98. The predicted molar refractivity (Wildman–Crippen MR) is 104 cm³/mol. The molecule has 28 heavy (non-hydrogen) atoms. The molecule has 6 heteroatoms. The van der Waals surface area contributed by atoms with E-state index in [9.17, 15) is 9.59 Å². The van der Waals surface area contributed by atoms with Crippen molar-refractivity contribution < 1.29 is 9.53 Å². The van der Waals surface area contributed by atoms with Gasteiger partial charge in [0.05, 0.1) is 28.1 Å². The number of hydrogen-bond acceptors (Lipinski definition) is 5. The normalized spacial score (nSPS) is 13.4. The summed E-state index contributed by atoms with van der Waals surface area (Å²) in [5.41, 5.74) is 2.10. The van der Waals surface area contributed by atoms with Gasteiger partial charge in [0.15, 0.2) is 0 Å². The van der Waals surface area contributed by atoms with Crippen LogP contribution in [0.15, 0.2) is 47.3 Å². The maximum absolute atomic E-state index is 12.8. The fraction of sp³-hybridized carbons (Fsp3) is 0.273. The predicted octanol–water partition coefficient (Wildman–Crippen LogP) is 3.35. The van der Waals surface area contributed by atoms with Crippen LogP contribution in [0.5, 0.6) is 0 Å². The van der Waals surface area contributed by atoms with Crippen LogP contribution in [0, 0.1) is 11.3 Å². The molecule has 0 aliphatic carbocycles. The molecule has 0 radical (unpaired) electrons. The van der Waals surface area contributed by atoms with Gasteiger partial charge in [-0.25, -0.2) is 9.78 Å². The molecule has 140 valence electrons. The molecule has 0 N–H and O–H groups in total. The van der Waals surface area contributed by atoms with Crippen molar-refractivity contribution in [3.8, 4) is 6.07 Å². The lowest BCUT2D eigenvalue weighted by Gasteiger charge is -2.11. The van der Waals surface area contributed by atoms with Gasteiger partial charge in [-0.1, -0.05) is 18.6 Å². The molecule has 6 nitrogen and oxygen atoms in total. The van der Waals surface area contributed by atoms with E-state index in [1.54, 1.807) is 47.0 Å². The van der Waals surface area contributed by atoms with Crippen LogP contribution in [0.3, 0.4) is 0 Å². The first-order valence-corrected chi connectivity index (χ1v) is 9.35. The summed E-state index contributed by atoms with van der Waals surface area (Å²) in [4.78, 5) is 29.8. The highest BCUT2D eigenvalue weighted by Gasteiger charge is 2.16. The number of nitrogens with zero attached hydrogens (tertiary/aromatic N) is 3. The van der Waals surface area contributed by atoms with Gasteiger partial charge in [0.1, 0.15) is 12.4 Å². The molecule has 2 heterocycles. The van der Waals surface area contributed by atoms with Gasteiger partial charge >= 0.3 is 5.97 Å². The number of carbonyl (C=O) groups is 1. The van der Waals surface area contributed by atoms with Gasteiger partial charge in [0.25, 0.3) is 5.56 Å². The van der Waals surface area contributed by atoms with Gasteiger partial charge in [-0.15, -0.1) is 0 Å². The first-order chi connectivity index (χ1) is 13.7. The van der Waals surface area contributed by atoms with E-state index >= 15 is 0 Å². The average Bonchev–Trinajstić information content (AvgIpc) is 2.97. The number of ether oxygens (including phenoxy) is 1. The summed E-state index contributed by atoms with van der Waals surface area (Å²) < 4.78 is 7.13. The van der Waals surface area contributed by atoms with Crippen molar-refractivity contribution in [2.75, 3.05) is 0 Å². The fourth-order valence-corrected chi connectivity index (χ4v) is 3.51. The Labute approximate surface area is 162 Å². The Kier molecular flexibility index (Phi) is 4.90. The molecule has 0 spiro atoms. The molecule has 1 aliphatic heterocycles. The van der Waals surface area contributed by atoms with E-state index in [4.69, 9.17) is 10.00 Å². The van der Waals surface area contributed by atoms with E-state index < -0.39 is 5.97 Å². The number of aromatic nitrogens is 2. The molecule has 0 unspecified atom stereocenters. The molecule has 3 aromatic rings. The molecule has 0 atom stereocenters. The molecule has 4 rings (SSSR count). The van der Waals surface area contributed by atoms with Gasteiger partial charge < -0.3 is 4.74 Å². The van der Waals surface area contributed by atoms with E-state index in [1.807, 2.05) is 0 Å². The number of fused-ring (bicyclic) bond motifs is 2. The van der Waals surface area contributed by atoms with Crippen LogP contribution in [0.2, 0.25) is 0 Å². The SMILES string of the molecule is N#Cc1cccc(COC(=O)c2ccc3c(=O)n4c(nc3c2)CCCCC4)c1. The molecule has 0 bridgehead atoms. The van der Waals surface area contributed by atoms with Crippen molar-refractivity contribution in [2.24, 2.45) is 0 Å². The summed E-state index contributed by atoms with van der Waals surface area (Å²) in [5.74, 6) is 0.301. The fourth-order valence-electron chi connectivity index (χ4n) is 3.51. The minimum Gasteiger partial charge on any atom is -0.457 e. The number of nitriles is 1. The summed E-state index contributed by atoms with van der Waals surface area (Å²) in [6, 6.07) is 13.9. The second-order valence-corrected chi connectivity index (χ2v) is 6.92. The second-order valence-electron chi connectivity index (χ2n) is 6.92. The van der Waals surface area contributed by atoms with E-state index in [1.165, 1.54) is 0 Å². The lowest BCUT2D eigenvalue weighted by atomic mass is 10.1. The van der Waals surface area contributed by atoms with E-state index in [0.717, 1.165) is 37.1 Å². The number of esters is 1. The van der Waals surface area contributed by atoms with Crippen LogP contribution in [-0.4, -0.2) is 15.5 Å². The van der Waals surface area contributed by atoms with E-state index in [-0.39, 0.29) is 12.2 Å². The number of rotatable bonds is 3. The highest BCUT2D eigenvalue weighted by atomic mass is 16.5. The molecule has 0 fully saturated rings. The van der Waals surface area contributed by atoms with Crippen LogP contribution in [-0.2, 0) is 24.3 Å². The highest BCUT2D eigenvalue weighted by molar-refractivity contribution is 5.94.